The first-order valence-electron chi connectivity index (χ1n) is 7.90. The smallest absolute Gasteiger partial charge is 0.189 e. The quantitative estimate of drug-likeness (QED) is 0.431. The molecule has 25 heavy (non-hydrogen) atoms. The molecule has 2 heteroatoms. The molecule has 0 aliphatic heterocycles. The maximum atomic E-state index is 12.2. The van der Waals surface area contributed by atoms with Gasteiger partial charge in [-0.3, -0.25) is 4.79 Å². The third-order valence-corrected chi connectivity index (χ3v) is 3.61. The van der Waals surface area contributed by atoms with Crippen LogP contribution in [0, 0.1) is 11.8 Å². The van der Waals surface area contributed by atoms with E-state index in [1.54, 1.807) is 18.2 Å². The van der Waals surface area contributed by atoms with Gasteiger partial charge in [0.2, 0.25) is 0 Å². The van der Waals surface area contributed by atoms with Crippen LogP contribution in [0.1, 0.15) is 27.0 Å². The highest BCUT2D eigenvalue weighted by Gasteiger charge is 2.08. The van der Waals surface area contributed by atoms with Crippen LogP contribution in [-0.2, 0) is 0 Å². The summed E-state index contributed by atoms with van der Waals surface area (Å²) in [7, 11) is 0. The zero-order valence-corrected chi connectivity index (χ0v) is 13.5. The Balaban J connectivity index is 1.77. The van der Waals surface area contributed by atoms with Crippen molar-refractivity contribution in [1.82, 2.24) is 0 Å². The first kappa shape index (κ1) is 16.3. The lowest BCUT2D eigenvalue weighted by atomic mass is 10.1. The largest absolute Gasteiger partial charge is 0.507 e. The lowest BCUT2D eigenvalue weighted by molar-refractivity contribution is 0.104. The molecule has 2 nitrogen and oxygen atoms in total. The van der Waals surface area contributed by atoms with Crippen molar-refractivity contribution in [2.45, 2.75) is 0 Å². The first-order chi connectivity index (χ1) is 12.2. The molecular weight excluding hydrogens is 308 g/mol. The number of aromatic hydroxyl groups is 1. The van der Waals surface area contributed by atoms with Gasteiger partial charge in [0, 0.05) is 11.1 Å². The maximum absolute atomic E-state index is 12.2. The summed E-state index contributed by atoms with van der Waals surface area (Å²) in [4.78, 5) is 12.2. The highest BCUT2D eigenvalue weighted by molar-refractivity contribution is 6.08. The molecule has 0 aliphatic rings. The fourth-order valence-electron chi connectivity index (χ4n) is 2.31. The maximum Gasteiger partial charge on any atom is 0.189 e. The number of allylic oxidation sites excluding steroid dienone is 1. The van der Waals surface area contributed by atoms with Crippen LogP contribution in [0.5, 0.6) is 5.75 Å². The molecule has 0 radical (unpaired) electrons. The van der Waals surface area contributed by atoms with Gasteiger partial charge in [-0.1, -0.05) is 66.4 Å². The second-order valence-electron chi connectivity index (χ2n) is 5.46. The predicted octanol–water partition coefficient (Wildman–Crippen LogP) is 4.69. The molecule has 0 saturated heterocycles. The van der Waals surface area contributed by atoms with Crippen molar-refractivity contribution >= 4 is 11.9 Å². The van der Waals surface area contributed by atoms with Gasteiger partial charge in [0.1, 0.15) is 5.75 Å². The van der Waals surface area contributed by atoms with Crippen molar-refractivity contribution in [3.63, 3.8) is 0 Å². The Hall–Kier alpha value is -3.57. The van der Waals surface area contributed by atoms with Crippen molar-refractivity contribution in [2.24, 2.45) is 0 Å². The van der Waals surface area contributed by atoms with Crippen LogP contribution in [0.15, 0.2) is 84.9 Å². The van der Waals surface area contributed by atoms with Gasteiger partial charge in [-0.25, -0.2) is 0 Å². The second-order valence-corrected chi connectivity index (χ2v) is 5.46. The highest BCUT2D eigenvalue weighted by Crippen LogP contribution is 2.20. The van der Waals surface area contributed by atoms with E-state index in [0.717, 1.165) is 11.1 Å². The summed E-state index contributed by atoms with van der Waals surface area (Å²) in [5, 5.41) is 10.1. The molecule has 0 unspecified atom stereocenters. The third kappa shape index (κ3) is 4.46. The fourth-order valence-corrected chi connectivity index (χ4v) is 2.31. The van der Waals surface area contributed by atoms with E-state index in [4.69, 9.17) is 0 Å². The standard InChI is InChI=1S/C23H16O2/c24-22(16-14-19-9-5-2-6-10-19)21-15-13-20(17-23(21)25)12-11-18-7-3-1-4-8-18/h1-10,13-17,25H. The summed E-state index contributed by atoms with van der Waals surface area (Å²) in [6.45, 7) is 0. The molecule has 0 aromatic heterocycles. The van der Waals surface area contributed by atoms with Crippen LogP contribution >= 0.6 is 0 Å². The molecule has 1 N–H and O–H groups in total. The minimum absolute atomic E-state index is 0.0671. The topological polar surface area (TPSA) is 37.3 Å². The van der Waals surface area contributed by atoms with E-state index in [1.165, 1.54) is 12.1 Å². The SMILES string of the molecule is O=C(C=Cc1ccccc1)c1ccc(C#Cc2ccccc2)cc1O. The van der Waals surface area contributed by atoms with Gasteiger partial charge in [0.25, 0.3) is 0 Å². The van der Waals surface area contributed by atoms with Crippen molar-refractivity contribution in [3.8, 4) is 17.6 Å². The number of phenols is 1. The van der Waals surface area contributed by atoms with Gasteiger partial charge in [-0.15, -0.1) is 0 Å². The number of carbonyl (C=O) groups excluding carboxylic acids is 1. The van der Waals surface area contributed by atoms with E-state index in [1.807, 2.05) is 60.7 Å². The minimum Gasteiger partial charge on any atom is -0.507 e. The molecule has 3 aromatic carbocycles. The molecule has 0 saturated carbocycles. The van der Waals surface area contributed by atoms with E-state index in [9.17, 15) is 9.90 Å². The lowest BCUT2D eigenvalue weighted by Crippen LogP contribution is -1.95. The molecule has 0 aliphatic carbocycles. The zero-order chi connectivity index (χ0) is 17.5. The van der Waals surface area contributed by atoms with Gasteiger partial charge in [0.15, 0.2) is 5.78 Å². The van der Waals surface area contributed by atoms with Crippen LogP contribution in [0.2, 0.25) is 0 Å². The fraction of sp³-hybridized carbons (Fsp3) is 0. The average Bonchev–Trinajstić information content (AvgIpc) is 2.66. The first-order valence-corrected chi connectivity index (χ1v) is 7.90. The number of carbonyl (C=O) groups is 1. The van der Waals surface area contributed by atoms with Crippen molar-refractivity contribution < 1.29 is 9.90 Å². The summed E-state index contributed by atoms with van der Waals surface area (Å²) in [6.07, 6.45) is 3.19. The van der Waals surface area contributed by atoms with Crippen molar-refractivity contribution in [2.75, 3.05) is 0 Å². The number of rotatable bonds is 3. The molecule has 0 atom stereocenters. The van der Waals surface area contributed by atoms with Crippen LogP contribution in [0.3, 0.4) is 0 Å². The molecular formula is C23H16O2. The molecule has 3 rings (SSSR count). The van der Waals surface area contributed by atoms with E-state index < -0.39 is 0 Å². The molecule has 0 amide bonds. The Bertz CT molecular complexity index is 959. The molecule has 0 spiro atoms. The van der Waals surface area contributed by atoms with E-state index in [-0.39, 0.29) is 17.1 Å². The number of benzene rings is 3. The van der Waals surface area contributed by atoms with Gasteiger partial charge in [0.05, 0.1) is 5.56 Å². The van der Waals surface area contributed by atoms with Crippen molar-refractivity contribution in [3.05, 3.63) is 107 Å². The van der Waals surface area contributed by atoms with E-state index >= 15 is 0 Å². The summed E-state index contributed by atoms with van der Waals surface area (Å²) >= 11 is 0. The predicted molar refractivity (Wildman–Crippen MR) is 100 cm³/mol. The Morgan fingerprint density at radius 1 is 0.800 bits per heavy atom. The Morgan fingerprint density at radius 3 is 2.12 bits per heavy atom. The highest BCUT2D eigenvalue weighted by atomic mass is 16.3. The van der Waals surface area contributed by atoms with E-state index in [2.05, 4.69) is 11.8 Å². The lowest BCUT2D eigenvalue weighted by Gasteiger charge is -2.01. The van der Waals surface area contributed by atoms with Gasteiger partial charge in [-0.2, -0.15) is 0 Å². The third-order valence-electron chi connectivity index (χ3n) is 3.61. The normalized spacial score (nSPS) is 10.2. The van der Waals surface area contributed by atoms with Gasteiger partial charge < -0.3 is 5.11 Å². The van der Waals surface area contributed by atoms with E-state index in [0.29, 0.717) is 5.56 Å². The Morgan fingerprint density at radius 2 is 1.44 bits per heavy atom. The number of ketones is 1. The summed E-state index contributed by atoms with van der Waals surface area (Å²) in [6, 6.07) is 24.0. The molecule has 3 aromatic rings. The summed E-state index contributed by atoms with van der Waals surface area (Å²) < 4.78 is 0. The zero-order valence-electron chi connectivity index (χ0n) is 13.5. The van der Waals surface area contributed by atoms with Crippen LogP contribution in [-0.4, -0.2) is 10.9 Å². The van der Waals surface area contributed by atoms with Gasteiger partial charge in [-0.05, 0) is 42.0 Å². The molecule has 120 valence electrons. The average molecular weight is 324 g/mol. The van der Waals surface area contributed by atoms with Crippen LogP contribution in [0.4, 0.5) is 0 Å². The summed E-state index contributed by atoms with van der Waals surface area (Å²) in [5.41, 5.74) is 2.75. The molecule has 0 bridgehead atoms. The second kappa shape index (κ2) is 7.81. The minimum atomic E-state index is -0.246. The Kier molecular flexibility index (Phi) is 5.09. The van der Waals surface area contributed by atoms with Crippen LogP contribution < -0.4 is 0 Å². The molecule has 0 fully saturated rings. The van der Waals surface area contributed by atoms with Crippen molar-refractivity contribution in [1.29, 1.82) is 0 Å². The number of hydrogen-bond donors (Lipinski definition) is 1. The van der Waals surface area contributed by atoms with Gasteiger partial charge >= 0.3 is 0 Å². The van der Waals surface area contributed by atoms with Crippen LogP contribution in [0.25, 0.3) is 6.08 Å². The summed E-state index contributed by atoms with van der Waals surface area (Å²) in [5.74, 6) is 5.70. The number of phenolic OH excluding ortho intramolecular Hbond substituents is 1. The Labute approximate surface area is 147 Å². The monoisotopic (exact) mass is 324 g/mol. The number of hydrogen-bond acceptors (Lipinski definition) is 2. The molecule has 0 heterocycles.